The van der Waals surface area contributed by atoms with Crippen LogP contribution in [-0.4, -0.2) is 5.78 Å². The van der Waals surface area contributed by atoms with Crippen molar-refractivity contribution in [2.45, 2.75) is 6.42 Å². The predicted octanol–water partition coefficient (Wildman–Crippen LogP) is 4.95. The summed E-state index contributed by atoms with van der Waals surface area (Å²) in [7, 11) is 0. The number of Topliss-reactive ketones (excluding diaryl/α,β-unsaturated/α-hetero) is 1. The monoisotopic (exact) mass is 362 g/mol. The number of hydrogen-bond donors (Lipinski definition) is 0. The zero-order valence-corrected chi connectivity index (χ0v) is 12.2. The van der Waals surface area contributed by atoms with Crippen LogP contribution < -0.4 is 0 Å². The van der Waals surface area contributed by atoms with Gasteiger partial charge in [0.1, 0.15) is 0 Å². The van der Waals surface area contributed by atoms with E-state index in [0.717, 1.165) is 6.07 Å². The SMILES string of the molecule is O=C(Cc1cccc(F)c1F)c1ccc(Br)c(Cl)c1F. The van der Waals surface area contributed by atoms with E-state index >= 15 is 0 Å². The second-order valence-electron chi connectivity index (χ2n) is 4.04. The number of ketones is 1. The minimum atomic E-state index is -1.11. The Morgan fingerprint density at radius 2 is 1.80 bits per heavy atom. The van der Waals surface area contributed by atoms with Crippen molar-refractivity contribution in [2.24, 2.45) is 0 Å². The highest BCUT2D eigenvalue weighted by molar-refractivity contribution is 9.10. The third kappa shape index (κ3) is 2.88. The summed E-state index contributed by atoms with van der Waals surface area (Å²) in [6.45, 7) is 0. The lowest BCUT2D eigenvalue weighted by molar-refractivity contribution is 0.0988. The third-order valence-electron chi connectivity index (χ3n) is 2.72. The standard InChI is InChI=1S/C14H7BrClF3O/c15-9-5-4-8(14(19)12(9)16)11(20)6-7-2-1-3-10(17)13(7)18/h1-5H,6H2. The van der Waals surface area contributed by atoms with E-state index in [0.29, 0.717) is 4.47 Å². The Morgan fingerprint density at radius 1 is 1.10 bits per heavy atom. The first kappa shape index (κ1) is 15.1. The molecule has 6 heteroatoms. The van der Waals surface area contributed by atoms with Gasteiger partial charge in [0.05, 0.1) is 10.6 Å². The molecule has 2 aromatic carbocycles. The van der Waals surface area contributed by atoms with Crippen LogP contribution in [0.3, 0.4) is 0 Å². The Morgan fingerprint density at radius 3 is 2.50 bits per heavy atom. The largest absolute Gasteiger partial charge is 0.294 e. The molecule has 0 aromatic heterocycles. The van der Waals surface area contributed by atoms with Crippen molar-refractivity contribution in [3.8, 4) is 0 Å². The van der Waals surface area contributed by atoms with Gasteiger partial charge >= 0.3 is 0 Å². The van der Waals surface area contributed by atoms with Gasteiger partial charge in [0.2, 0.25) is 0 Å². The first-order valence-electron chi connectivity index (χ1n) is 5.51. The maximum absolute atomic E-state index is 13.8. The normalized spacial score (nSPS) is 10.7. The number of benzene rings is 2. The van der Waals surface area contributed by atoms with E-state index in [1.807, 2.05) is 0 Å². The zero-order valence-electron chi connectivity index (χ0n) is 9.89. The number of carbonyl (C=O) groups is 1. The minimum absolute atomic E-state index is 0.131. The minimum Gasteiger partial charge on any atom is -0.294 e. The molecular formula is C14H7BrClF3O. The molecular weight excluding hydrogens is 357 g/mol. The molecule has 2 rings (SSSR count). The molecule has 0 bridgehead atoms. The van der Waals surface area contributed by atoms with Gasteiger partial charge in [-0.25, -0.2) is 13.2 Å². The molecule has 1 nitrogen and oxygen atoms in total. The molecule has 0 aliphatic heterocycles. The van der Waals surface area contributed by atoms with Crippen LogP contribution in [0.15, 0.2) is 34.8 Å². The van der Waals surface area contributed by atoms with Crippen LogP contribution in [0.25, 0.3) is 0 Å². The molecule has 0 fully saturated rings. The van der Waals surface area contributed by atoms with Gasteiger partial charge in [0.15, 0.2) is 23.2 Å². The maximum atomic E-state index is 13.8. The van der Waals surface area contributed by atoms with Gasteiger partial charge in [0.25, 0.3) is 0 Å². The molecule has 0 aliphatic carbocycles. The molecule has 20 heavy (non-hydrogen) atoms. The van der Waals surface area contributed by atoms with E-state index in [2.05, 4.69) is 15.9 Å². The predicted molar refractivity (Wildman–Crippen MR) is 73.5 cm³/mol. The molecule has 0 N–H and O–H groups in total. The second kappa shape index (κ2) is 5.97. The van der Waals surface area contributed by atoms with Crippen molar-refractivity contribution in [1.29, 1.82) is 0 Å². The topological polar surface area (TPSA) is 17.1 Å². The van der Waals surface area contributed by atoms with E-state index < -0.39 is 29.7 Å². The molecule has 0 radical (unpaired) electrons. The summed E-state index contributed by atoms with van der Waals surface area (Å²) in [5.41, 5.74) is -0.393. The highest BCUT2D eigenvalue weighted by Crippen LogP contribution is 2.28. The Kier molecular flexibility index (Phi) is 4.50. The molecule has 104 valence electrons. The quantitative estimate of drug-likeness (QED) is 0.557. The lowest BCUT2D eigenvalue weighted by Gasteiger charge is -2.06. The van der Waals surface area contributed by atoms with E-state index in [4.69, 9.17) is 11.6 Å². The molecule has 0 spiro atoms. The first-order valence-corrected chi connectivity index (χ1v) is 6.68. The van der Waals surface area contributed by atoms with E-state index in [-0.39, 0.29) is 16.1 Å². The van der Waals surface area contributed by atoms with Crippen LogP contribution in [-0.2, 0) is 6.42 Å². The fourth-order valence-corrected chi connectivity index (χ4v) is 2.17. The number of halogens is 5. The van der Waals surface area contributed by atoms with Gasteiger partial charge in [-0.15, -0.1) is 0 Å². The Balaban J connectivity index is 2.34. The fraction of sp³-hybridized carbons (Fsp3) is 0.0714. The molecule has 0 heterocycles. The molecule has 0 atom stereocenters. The van der Waals surface area contributed by atoms with Gasteiger partial charge in [0, 0.05) is 10.9 Å². The second-order valence-corrected chi connectivity index (χ2v) is 5.27. The van der Waals surface area contributed by atoms with Crippen molar-refractivity contribution < 1.29 is 18.0 Å². The van der Waals surface area contributed by atoms with Crippen molar-refractivity contribution >= 4 is 33.3 Å². The fourth-order valence-electron chi connectivity index (χ4n) is 1.69. The summed E-state index contributed by atoms with van der Waals surface area (Å²) in [5, 5.41) is -0.226. The summed E-state index contributed by atoms with van der Waals surface area (Å²) in [6.07, 6.45) is -0.446. The number of rotatable bonds is 3. The molecule has 0 saturated carbocycles. The Bertz CT molecular complexity index is 688. The highest BCUT2D eigenvalue weighted by Gasteiger charge is 2.19. The zero-order chi connectivity index (χ0) is 14.9. The average molecular weight is 364 g/mol. The summed E-state index contributed by atoms with van der Waals surface area (Å²) in [6, 6.07) is 6.16. The molecule has 2 aromatic rings. The maximum Gasteiger partial charge on any atom is 0.170 e. The van der Waals surface area contributed by atoms with Crippen LogP contribution in [0, 0.1) is 17.5 Å². The summed E-state index contributed by atoms with van der Waals surface area (Å²) in [5.74, 6) is -3.72. The Labute approximate surface area is 126 Å². The van der Waals surface area contributed by atoms with Gasteiger partial charge in [-0.3, -0.25) is 4.79 Å². The van der Waals surface area contributed by atoms with Crippen molar-refractivity contribution in [1.82, 2.24) is 0 Å². The van der Waals surface area contributed by atoms with Crippen LogP contribution in [0.4, 0.5) is 13.2 Å². The van der Waals surface area contributed by atoms with E-state index in [9.17, 15) is 18.0 Å². The average Bonchev–Trinajstić information content (AvgIpc) is 2.41. The Hall–Kier alpha value is -1.33. The highest BCUT2D eigenvalue weighted by atomic mass is 79.9. The molecule has 0 aliphatic rings. The molecule has 0 unspecified atom stereocenters. The summed E-state index contributed by atoms with van der Waals surface area (Å²) < 4.78 is 40.7. The van der Waals surface area contributed by atoms with Crippen LogP contribution in [0.5, 0.6) is 0 Å². The van der Waals surface area contributed by atoms with Crippen LogP contribution in [0.2, 0.25) is 5.02 Å². The van der Waals surface area contributed by atoms with Crippen molar-refractivity contribution in [2.75, 3.05) is 0 Å². The molecule has 0 saturated heterocycles. The van der Waals surface area contributed by atoms with Gasteiger partial charge in [-0.2, -0.15) is 0 Å². The molecule has 0 amide bonds. The van der Waals surface area contributed by atoms with Gasteiger partial charge in [-0.05, 0) is 39.7 Å². The smallest absolute Gasteiger partial charge is 0.170 e. The van der Waals surface area contributed by atoms with Gasteiger partial charge < -0.3 is 0 Å². The van der Waals surface area contributed by atoms with Crippen LogP contribution in [0.1, 0.15) is 15.9 Å². The first-order chi connectivity index (χ1) is 9.41. The van der Waals surface area contributed by atoms with Gasteiger partial charge in [-0.1, -0.05) is 23.7 Å². The van der Waals surface area contributed by atoms with Crippen molar-refractivity contribution in [3.05, 3.63) is 68.4 Å². The number of carbonyl (C=O) groups excluding carboxylic acids is 1. The van der Waals surface area contributed by atoms with E-state index in [1.165, 1.54) is 24.3 Å². The summed E-state index contributed by atoms with van der Waals surface area (Å²) >= 11 is 8.70. The van der Waals surface area contributed by atoms with E-state index in [1.54, 1.807) is 0 Å². The lowest BCUT2D eigenvalue weighted by atomic mass is 10.0. The third-order valence-corrected chi connectivity index (χ3v) is 3.98. The van der Waals surface area contributed by atoms with Crippen molar-refractivity contribution in [3.63, 3.8) is 0 Å². The van der Waals surface area contributed by atoms with Crippen LogP contribution >= 0.6 is 27.5 Å². The summed E-state index contributed by atoms with van der Waals surface area (Å²) in [4.78, 5) is 12.0. The lowest BCUT2D eigenvalue weighted by Crippen LogP contribution is -2.08. The number of hydrogen-bond acceptors (Lipinski definition) is 1.